The smallest absolute Gasteiger partial charge is 0.0722 e. The largest absolute Gasteiger partial charge is 0.382 e. The second-order valence-corrected chi connectivity index (χ2v) is 5.13. The number of rotatable bonds is 2. The molecule has 0 spiro atoms. The minimum absolute atomic E-state index is 0.400. The van der Waals surface area contributed by atoms with Gasteiger partial charge in [0.15, 0.2) is 0 Å². The lowest BCUT2D eigenvalue weighted by Crippen LogP contribution is -2.32. The summed E-state index contributed by atoms with van der Waals surface area (Å²) in [5, 5.41) is 4.85. The van der Waals surface area contributed by atoms with Gasteiger partial charge in [-0.25, -0.2) is 0 Å². The van der Waals surface area contributed by atoms with Crippen molar-refractivity contribution in [3.8, 4) is 0 Å². The highest BCUT2D eigenvalue weighted by Crippen LogP contribution is 2.25. The molecule has 3 nitrogen and oxygen atoms in total. The summed E-state index contributed by atoms with van der Waals surface area (Å²) in [6.45, 7) is 0. The number of hydrogen-bond donors (Lipinski definition) is 2. The number of nitrogens with one attached hydrogen (secondary N) is 1. The van der Waals surface area contributed by atoms with Gasteiger partial charge in [-0.3, -0.25) is 4.98 Å². The van der Waals surface area contributed by atoms with Gasteiger partial charge in [0.1, 0.15) is 0 Å². The van der Waals surface area contributed by atoms with Crippen molar-refractivity contribution in [1.29, 1.82) is 0 Å². The maximum atomic E-state index is 5.94. The van der Waals surface area contributed by atoms with Crippen LogP contribution in [0, 0.1) is 0 Å². The summed E-state index contributed by atoms with van der Waals surface area (Å²) in [4.78, 5) is 4.39. The van der Waals surface area contributed by atoms with Crippen LogP contribution in [0.4, 0.5) is 5.69 Å². The first-order valence-electron chi connectivity index (χ1n) is 6.69. The van der Waals surface area contributed by atoms with Gasteiger partial charge in [-0.1, -0.05) is 18.2 Å². The molecule has 0 bridgehead atoms. The lowest BCUT2D eigenvalue weighted by atomic mass is 9.91. The van der Waals surface area contributed by atoms with Crippen molar-refractivity contribution in [2.24, 2.45) is 5.73 Å². The van der Waals surface area contributed by atoms with Gasteiger partial charge in [0.25, 0.3) is 0 Å². The first-order valence-corrected chi connectivity index (χ1v) is 6.69. The zero-order valence-electron chi connectivity index (χ0n) is 10.5. The Morgan fingerprint density at radius 1 is 1.06 bits per heavy atom. The highest BCUT2D eigenvalue weighted by Gasteiger charge is 2.18. The highest BCUT2D eigenvalue weighted by atomic mass is 14.9. The molecule has 0 amide bonds. The second-order valence-electron chi connectivity index (χ2n) is 5.13. The average Bonchev–Trinajstić information content (AvgIpc) is 2.42. The predicted molar refractivity (Wildman–Crippen MR) is 75.6 cm³/mol. The van der Waals surface area contributed by atoms with Crippen LogP contribution in [0.3, 0.4) is 0 Å². The number of pyridine rings is 1. The number of hydrogen-bond acceptors (Lipinski definition) is 3. The van der Waals surface area contributed by atoms with E-state index in [9.17, 15) is 0 Å². The Morgan fingerprint density at radius 2 is 1.83 bits per heavy atom. The Kier molecular flexibility index (Phi) is 3.15. The molecule has 1 aromatic heterocycles. The molecule has 0 aliphatic heterocycles. The Hall–Kier alpha value is -1.61. The average molecular weight is 241 g/mol. The molecule has 3 rings (SSSR count). The van der Waals surface area contributed by atoms with Crippen LogP contribution in [0.2, 0.25) is 0 Å². The molecule has 3 N–H and O–H groups in total. The SMILES string of the molecule is NC1CCC(Nc2ccnc3ccccc23)CC1. The molecule has 1 heterocycles. The third-order valence-electron chi connectivity index (χ3n) is 3.78. The van der Waals surface area contributed by atoms with Crippen LogP contribution in [0.5, 0.6) is 0 Å². The van der Waals surface area contributed by atoms with E-state index in [4.69, 9.17) is 5.73 Å². The first kappa shape index (κ1) is 11.5. The van der Waals surface area contributed by atoms with E-state index in [1.165, 1.54) is 11.1 Å². The molecule has 18 heavy (non-hydrogen) atoms. The van der Waals surface area contributed by atoms with Crippen molar-refractivity contribution in [3.05, 3.63) is 36.5 Å². The van der Waals surface area contributed by atoms with Crippen molar-refractivity contribution in [2.75, 3.05) is 5.32 Å². The number of fused-ring (bicyclic) bond motifs is 1. The molecule has 1 saturated carbocycles. The normalized spacial score (nSPS) is 24.1. The van der Waals surface area contributed by atoms with Gasteiger partial charge in [-0.05, 0) is 37.8 Å². The zero-order valence-corrected chi connectivity index (χ0v) is 10.5. The van der Waals surface area contributed by atoms with Crippen molar-refractivity contribution >= 4 is 16.6 Å². The molecule has 1 aromatic carbocycles. The van der Waals surface area contributed by atoms with Crippen LogP contribution >= 0.6 is 0 Å². The number of anilines is 1. The maximum absolute atomic E-state index is 5.94. The molecule has 1 aliphatic carbocycles. The Balaban J connectivity index is 1.82. The summed E-state index contributed by atoms with van der Waals surface area (Å²) in [5.74, 6) is 0. The molecule has 0 atom stereocenters. The van der Waals surface area contributed by atoms with Crippen molar-refractivity contribution < 1.29 is 0 Å². The predicted octanol–water partition coefficient (Wildman–Crippen LogP) is 2.92. The van der Waals surface area contributed by atoms with E-state index >= 15 is 0 Å². The minimum Gasteiger partial charge on any atom is -0.382 e. The highest BCUT2D eigenvalue weighted by molar-refractivity contribution is 5.90. The van der Waals surface area contributed by atoms with Gasteiger partial charge in [0.05, 0.1) is 5.52 Å². The van der Waals surface area contributed by atoms with Crippen molar-refractivity contribution in [1.82, 2.24) is 4.98 Å². The van der Waals surface area contributed by atoms with E-state index < -0.39 is 0 Å². The first-order chi connectivity index (χ1) is 8.83. The molecule has 0 saturated heterocycles. The molecule has 0 unspecified atom stereocenters. The monoisotopic (exact) mass is 241 g/mol. The van der Waals surface area contributed by atoms with Crippen molar-refractivity contribution in [2.45, 2.75) is 37.8 Å². The maximum Gasteiger partial charge on any atom is 0.0722 e. The van der Waals surface area contributed by atoms with Crippen LogP contribution in [0.1, 0.15) is 25.7 Å². The lowest BCUT2D eigenvalue weighted by Gasteiger charge is -2.28. The Morgan fingerprint density at radius 3 is 2.67 bits per heavy atom. The number of aromatic nitrogens is 1. The lowest BCUT2D eigenvalue weighted by molar-refractivity contribution is 0.411. The van der Waals surface area contributed by atoms with Crippen molar-refractivity contribution in [3.63, 3.8) is 0 Å². The van der Waals surface area contributed by atoms with E-state index in [0.717, 1.165) is 31.2 Å². The molecule has 1 fully saturated rings. The second kappa shape index (κ2) is 4.94. The van der Waals surface area contributed by atoms with Gasteiger partial charge in [-0.2, -0.15) is 0 Å². The molecule has 1 aliphatic rings. The third kappa shape index (κ3) is 2.31. The standard InChI is InChI=1S/C15H19N3/c16-11-5-7-12(8-6-11)18-15-9-10-17-14-4-2-1-3-13(14)15/h1-4,9-12H,5-8,16H2,(H,17,18). The summed E-state index contributed by atoms with van der Waals surface area (Å²) in [7, 11) is 0. The zero-order chi connectivity index (χ0) is 12.4. The van der Waals surface area contributed by atoms with E-state index in [-0.39, 0.29) is 0 Å². The van der Waals surface area contributed by atoms with Gasteiger partial charge in [-0.15, -0.1) is 0 Å². The summed E-state index contributed by atoms with van der Waals surface area (Å²) >= 11 is 0. The quantitative estimate of drug-likeness (QED) is 0.850. The van der Waals surface area contributed by atoms with Gasteiger partial charge < -0.3 is 11.1 Å². The minimum atomic E-state index is 0.400. The number of nitrogens with zero attached hydrogens (tertiary/aromatic N) is 1. The molecule has 0 radical (unpaired) electrons. The fourth-order valence-electron chi connectivity index (χ4n) is 2.71. The van der Waals surface area contributed by atoms with Gasteiger partial charge in [0, 0.05) is 29.4 Å². The summed E-state index contributed by atoms with van der Waals surface area (Å²) in [5.41, 5.74) is 8.19. The van der Waals surface area contributed by atoms with Crippen LogP contribution < -0.4 is 11.1 Å². The van der Waals surface area contributed by atoms with Crippen LogP contribution in [0.25, 0.3) is 10.9 Å². The van der Waals surface area contributed by atoms with E-state index in [1.807, 2.05) is 12.3 Å². The van der Waals surface area contributed by atoms with Gasteiger partial charge >= 0.3 is 0 Å². The van der Waals surface area contributed by atoms with Crippen LogP contribution in [-0.4, -0.2) is 17.1 Å². The summed E-state index contributed by atoms with van der Waals surface area (Å²) in [6.07, 6.45) is 6.45. The van der Waals surface area contributed by atoms with E-state index in [0.29, 0.717) is 12.1 Å². The number of nitrogens with two attached hydrogens (primary N) is 1. The molecule has 3 heteroatoms. The third-order valence-corrected chi connectivity index (χ3v) is 3.78. The molecule has 94 valence electrons. The summed E-state index contributed by atoms with van der Waals surface area (Å²) < 4.78 is 0. The summed E-state index contributed by atoms with van der Waals surface area (Å²) in [6, 6.07) is 11.3. The Labute approximate surface area is 107 Å². The van der Waals surface area contributed by atoms with E-state index in [1.54, 1.807) is 0 Å². The number of para-hydroxylation sites is 1. The fraction of sp³-hybridized carbons (Fsp3) is 0.400. The van der Waals surface area contributed by atoms with Gasteiger partial charge in [0.2, 0.25) is 0 Å². The van der Waals surface area contributed by atoms with E-state index in [2.05, 4.69) is 34.6 Å². The molecule has 2 aromatic rings. The molecular weight excluding hydrogens is 222 g/mol. The van der Waals surface area contributed by atoms with Crippen LogP contribution in [0.15, 0.2) is 36.5 Å². The molecular formula is C15H19N3. The topological polar surface area (TPSA) is 50.9 Å². The number of benzene rings is 1. The Bertz CT molecular complexity index is 525. The fourth-order valence-corrected chi connectivity index (χ4v) is 2.71. The van der Waals surface area contributed by atoms with Crippen LogP contribution in [-0.2, 0) is 0 Å².